The molecule has 1 saturated carbocycles. The van der Waals surface area contributed by atoms with Crippen molar-refractivity contribution in [1.82, 2.24) is 9.78 Å². The van der Waals surface area contributed by atoms with Gasteiger partial charge in [0.25, 0.3) is 5.91 Å². The Morgan fingerprint density at radius 1 is 1.40 bits per heavy atom. The Labute approximate surface area is 160 Å². The molecular formula is C16H14ClF3IN3O. The van der Waals surface area contributed by atoms with E-state index < -0.39 is 17.3 Å². The van der Waals surface area contributed by atoms with Gasteiger partial charge in [-0.1, -0.05) is 11.6 Å². The molecule has 0 saturated heterocycles. The van der Waals surface area contributed by atoms with Crippen LogP contribution in [0.15, 0.2) is 24.4 Å². The number of hydrogen-bond donors (Lipinski definition) is 1. The molecule has 0 radical (unpaired) electrons. The van der Waals surface area contributed by atoms with Gasteiger partial charge < -0.3 is 5.32 Å². The molecule has 1 amide bonds. The third-order valence-electron chi connectivity index (χ3n) is 4.50. The quantitative estimate of drug-likeness (QED) is 0.626. The molecule has 0 atom stereocenters. The maximum absolute atomic E-state index is 12.9. The summed E-state index contributed by atoms with van der Waals surface area (Å²) in [5, 5.41) is 6.82. The van der Waals surface area contributed by atoms with Gasteiger partial charge in [-0.05, 0) is 67.0 Å². The number of halogens is 5. The monoisotopic (exact) mass is 483 g/mol. The van der Waals surface area contributed by atoms with Crippen LogP contribution in [0.1, 0.15) is 30.5 Å². The number of carbonyl (C=O) groups excluding carboxylic acids is 1. The number of carbonyl (C=O) groups is 1. The van der Waals surface area contributed by atoms with Gasteiger partial charge in [-0.2, -0.15) is 18.3 Å². The predicted octanol–water partition coefficient (Wildman–Crippen LogP) is 4.99. The Hall–Kier alpha value is -1.29. The minimum Gasteiger partial charge on any atom is -0.323 e. The first-order chi connectivity index (χ1) is 11.6. The van der Waals surface area contributed by atoms with Gasteiger partial charge in [0, 0.05) is 5.69 Å². The zero-order valence-electron chi connectivity index (χ0n) is 13.1. The Morgan fingerprint density at radius 3 is 2.52 bits per heavy atom. The average molecular weight is 484 g/mol. The summed E-state index contributed by atoms with van der Waals surface area (Å²) in [7, 11) is 0. The number of amides is 1. The van der Waals surface area contributed by atoms with Crippen LogP contribution in [0, 0.1) is 10.5 Å². The molecule has 1 aliphatic carbocycles. The molecule has 3 rings (SSSR count). The summed E-state index contributed by atoms with van der Waals surface area (Å²) >= 11 is 8.08. The lowest BCUT2D eigenvalue weighted by atomic mass is 9.75. The molecule has 1 aromatic carbocycles. The van der Waals surface area contributed by atoms with Crippen LogP contribution in [-0.4, -0.2) is 15.7 Å². The second-order valence-electron chi connectivity index (χ2n) is 6.02. The van der Waals surface area contributed by atoms with E-state index in [4.69, 9.17) is 11.6 Å². The van der Waals surface area contributed by atoms with E-state index in [0.717, 1.165) is 27.8 Å². The smallest absolute Gasteiger partial charge is 0.323 e. The molecule has 1 aliphatic rings. The van der Waals surface area contributed by atoms with Crippen molar-refractivity contribution in [2.45, 2.75) is 37.9 Å². The molecule has 0 aliphatic heterocycles. The van der Waals surface area contributed by atoms with Crippen LogP contribution in [-0.2, 0) is 16.5 Å². The first-order valence-corrected chi connectivity index (χ1v) is 8.99. The van der Waals surface area contributed by atoms with Crippen molar-refractivity contribution in [2.24, 2.45) is 0 Å². The van der Waals surface area contributed by atoms with E-state index in [1.807, 2.05) is 6.92 Å². The van der Waals surface area contributed by atoms with E-state index in [0.29, 0.717) is 12.8 Å². The topological polar surface area (TPSA) is 46.9 Å². The van der Waals surface area contributed by atoms with E-state index in [1.54, 1.807) is 10.9 Å². The fraction of sp³-hybridized carbons (Fsp3) is 0.375. The number of aromatic nitrogens is 2. The maximum Gasteiger partial charge on any atom is 0.416 e. The van der Waals surface area contributed by atoms with Gasteiger partial charge in [0.05, 0.1) is 26.0 Å². The van der Waals surface area contributed by atoms with E-state index in [2.05, 4.69) is 33.0 Å². The third kappa shape index (κ3) is 3.25. The molecule has 134 valence electrons. The number of nitrogens with zero attached hydrogens (tertiary/aromatic N) is 2. The standard InChI is InChI=1S/C16H14ClF3IN3O/c1-9-12(21)8-22-24(9)15(5-2-6-15)14(25)23-13-4-3-10(7-11(13)17)16(18,19)20/h3-4,7-8H,2,5-6H2,1H3,(H,23,25). The highest BCUT2D eigenvalue weighted by Gasteiger charge is 2.48. The molecule has 0 unspecified atom stereocenters. The highest BCUT2D eigenvalue weighted by Crippen LogP contribution is 2.42. The molecule has 4 nitrogen and oxygen atoms in total. The van der Waals surface area contributed by atoms with Crippen LogP contribution in [0.4, 0.5) is 18.9 Å². The summed E-state index contributed by atoms with van der Waals surface area (Å²) in [4.78, 5) is 12.9. The minimum atomic E-state index is -4.48. The van der Waals surface area contributed by atoms with Gasteiger partial charge in [0.2, 0.25) is 0 Å². The molecular weight excluding hydrogens is 470 g/mol. The van der Waals surface area contributed by atoms with Crippen LogP contribution in [0.3, 0.4) is 0 Å². The third-order valence-corrected chi connectivity index (χ3v) is 5.88. The van der Waals surface area contributed by atoms with Crippen molar-refractivity contribution in [3.8, 4) is 0 Å². The normalized spacial score (nSPS) is 16.4. The van der Waals surface area contributed by atoms with Crippen LogP contribution < -0.4 is 5.32 Å². The van der Waals surface area contributed by atoms with Crippen molar-refractivity contribution in [2.75, 3.05) is 5.32 Å². The molecule has 9 heteroatoms. The molecule has 1 fully saturated rings. The van der Waals surface area contributed by atoms with Crippen LogP contribution in [0.25, 0.3) is 0 Å². The SMILES string of the molecule is Cc1c(I)cnn1C1(C(=O)Nc2ccc(C(F)(F)F)cc2Cl)CCC1. The minimum absolute atomic E-state index is 0.149. The highest BCUT2D eigenvalue weighted by molar-refractivity contribution is 14.1. The Balaban J connectivity index is 1.88. The zero-order chi connectivity index (χ0) is 18.4. The molecule has 1 N–H and O–H groups in total. The first kappa shape index (κ1) is 18.5. The van der Waals surface area contributed by atoms with Crippen LogP contribution in [0.5, 0.6) is 0 Å². The number of hydrogen-bond acceptors (Lipinski definition) is 2. The predicted molar refractivity (Wildman–Crippen MR) is 96.6 cm³/mol. The number of nitrogens with one attached hydrogen (secondary N) is 1. The first-order valence-electron chi connectivity index (χ1n) is 7.54. The summed E-state index contributed by atoms with van der Waals surface area (Å²) in [6, 6.07) is 2.89. The van der Waals surface area contributed by atoms with Gasteiger partial charge in [0.1, 0.15) is 5.54 Å². The molecule has 0 spiro atoms. The number of benzene rings is 1. The zero-order valence-corrected chi connectivity index (χ0v) is 16.0. The molecule has 2 aromatic rings. The fourth-order valence-electron chi connectivity index (χ4n) is 2.90. The van der Waals surface area contributed by atoms with Crippen LogP contribution >= 0.6 is 34.2 Å². The van der Waals surface area contributed by atoms with Gasteiger partial charge in [0.15, 0.2) is 0 Å². The van der Waals surface area contributed by atoms with E-state index >= 15 is 0 Å². The number of anilines is 1. The van der Waals surface area contributed by atoms with Gasteiger partial charge in [-0.25, -0.2) is 0 Å². The Morgan fingerprint density at radius 2 is 2.08 bits per heavy atom. The van der Waals surface area contributed by atoms with Crippen molar-refractivity contribution in [3.05, 3.63) is 44.2 Å². The summed E-state index contributed by atoms with van der Waals surface area (Å²) in [6.07, 6.45) is -0.673. The number of rotatable bonds is 3. The summed E-state index contributed by atoms with van der Waals surface area (Å²) < 4.78 is 40.8. The van der Waals surface area contributed by atoms with Crippen molar-refractivity contribution < 1.29 is 18.0 Å². The lowest BCUT2D eigenvalue weighted by molar-refractivity contribution is -0.137. The van der Waals surface area contributed by atoms with Gasteiger partial charge in [-0.3, -0.25) is 9.48 Å². The van der Waals surface area contributed by atoms with E-state index in [9.17, 15) is 18.0 Å². The van der Waals surface area contributed by atoms with Gasteiger partial charge in [-0.15, -0.1) is 0 Å². The summed E-state index contributed by atoms with van der Waals surface area (Å²) in [6.45, 7) is 1.88. The summed E-state index contributed by atoms with van der Waals surface area (Å²) in [5.74, 6) is -0.317. The van der Waals surface area contributed by atoms with Crippen LogP contribution in [0.2, 0.25) is 5.02 Å². The highest BCUT2D eigenvalue weighted by atomic mass is 127. The van der Waals surface area contributed by atoms with E-state index in [-0.39, 0.29) is 16.6 Å². The second-order valence-corrected chi connectivity index (χ2v) is 7.59. The molecule has 25 heavy (non-hydrogen) atoms. The lowest BCUT2D eigenvalue weighted by Gasteiger charge is -2.41. The number of alkyl halides is 3. The molecule has 1 heterocycles. The summed E-state index contributed by atoms with van der Waals surface area (Å²) in [5.41, 5.74) is -0.634. The Kier molecular flexibility index (Phi) is 4.78. The lowest BCUT2D eigenvalue weighted by Crippen LogP contribution is -2.51. The van der Waals surface area contributed by atoms with Crippen molar-refractivity contribution in [3.63, 3.8) is 0 Å². The van der Waals surface area contributed by atoms with Gasteiger partial charge >= 0.3 is 6.18 Å². The maximum atomic E-state index is 12.9. The molecule has 1 aromatic heterocycles. The fourth-order valence-corrected chi connectivity index (χ4v) is 3.48. The molecule has 0 bridgehead atoms. The van der Waals surface area contributed by atoms with Crippen molar-refractivity contribution >= 4 is 45.8 Å². The van der Waals surface area contributed by atoms with E-state index in [1.165, 1.54) is 6.07 Å². The average Bonchev–Trinajstić information content (AvgIpc) is 2.80. The van der Waals surface area contributed by atoms with Crippen molar-refractivity contribution in [1.29, 1.82) is 0 Å². The second kappa shape index (κ2) is 6.46. The largest absolute Gasteiger partial charge is 0.416 e. The Bertz CT molecular complexity index is 831.